The summed E-state index contributed by atoms with van der Waals surface area (Å²) in [5.41, 5.74) is -0.168. The molecule has 0 aromatic rings. The molecule has 2 saturated heterocycles. The molecule has 1 aliphatic carbocycles. The second kappa shape index (κ2) is 5.35. The third-order valence-corrected chi connectivity index (χ3v) is 5.12. The van der Waals surface area contributed by atoms with E-state index in [1.54, 1.807) is 7.11 Å². The smallest absolute Gasteiger partial charge is 0.248 e. The van der Waals surface area contributed by atoms with Crippen molar-refractivity contribution in [3.63, 3.8) is 0 Å². The topological polar surface area (TPSA) is 49.9 Å². The minimum atomic E-state index is -0.168. The number of rotatable bonds is 4. The molecule has 3 fully saturated rings. The molecule has 0 N–H and O–H groups in total. The molecule has 1 saturated carbocycles. The van der Waals surface area contributed by atoms with Crippen LogP contribution in [0.5, 0.6) is 0 Å². The van der Waals surface area contributed by atoms with Gasteiger partial charge in [-0.3, -0.25) is 9.59 Å². The summed E-state index contributed by atoms with van der Waals surface area (Å²) in [6.45, 7) is 3.43. The Hall–Kier alpha value is -1.10. The van der Waals surface area contributed by atoms with Gasteiger partial charge < -0.3 is 14.5 Å². The van der Waals surface area contributed by atoms with E-state index in [4.69, 9.17) is 4.74 Å². The Labute approximate surface area is 120 Å². The van der Waals surface area contributed by atoms with Gasteiger partial charge in [-0.2, -0.15) is 0 Å². The van der Waals surface area contributed by atoms with Crippen molar-refractivity contribution in [2.45, 2.75) is 32.1 Å². The van der Waals surface area contributed by atoms with Gasteiger partial charge in [0.05, 0.1) is 5.41 Å². The Morgan fingerprint density at radius 2 is 1.90 bits per heavy atom. The average Bonchev–Trinajstić information content (AvgIpc) is 3.22. The maximum atomic E-state index is 12.6. The molecule has 0 aromatic heterocycles. The first-order valence-electron chi connectivity index (χ1n) is 7.71. The van der Waals surface area contributed by atoms with E-state index >= 15 is 0 Å². The highest BCUT2D eigenvalue weighted by molar-refractivity contribution is 5.85. The fraction of sp³-hybridized carbons (Fsp3) is 0.867. The van der Waals surface area contributed by atoms with Gasteiger partial charge in [0.1, 0.15) is 6.61 Å². The molecule has 3 aliphatic rings. The zero-order valence-corrected chi connectivity index (χ0v) is 12.3. The molecule has 2 heterocycles. The lowest BCUT2D eigenvalue weighted by atomic mass is 9.77. The van der Waals surface area contributed by atoms with Gasteiger partial charge in [0.15, 0.2) is 0 Å². The second-order valence-electron chi connectivity index (χ2n) is 6.54. The first-order valence-corrected chi connectivity index (χ1v) is 7.71. The highest BCUT2D eigenvalue weighted by Gasteiger charge is 2.49. The Morgan fingerprint density at radius 1 is 1.25 bits per heavy atom. The molecule has 0 aromatic carbocycles. The van der Waals surface area contributed by atoms with Gasteiger partial charge >= 0.3 is 0 Å². The van der Waals surface area contributed by atoms with Crippen molar-refractivity contribution in [1.82, 2.24) is 9.80 Å². The Bertz CT molecular complexity index is 398. The lowest BCUT2D eigenvalue weighted by Gasteiger charge is -2.37. The number of hydrogen-bond donors (Lipinski definition) is 0. The SMILES string of the molecule is COCC(=O)N1CCC2(CC1)CCN(CC1CC1)C2=O. The number of likely N-dealkylation sites (tertiary alicyclic amines) is 2. The number of hydrogen-bond acceptors (Lipinski definition) is 3. The van der Waals surface area contributed by atoms with E-state index in [-0.39, 0.29) is 17.9 Å². The lowest BCUT2D eigenvalue weighted by Crippen LogP contribution is -2.47. The molecule has 0 unspecified atom stereocenters. The van der Waals surface area contributed by atoms with Gasteiger partial charge in [0, 0.05) is 33.3 Å². The standard InChI is InChI=1S/C15H24N2O3/c1-20-11-13(18)16-7-4-15(5-8-16)6-9-17(14(15)19)10-12-2-3-12/h12H,2-11H2,1H3. The first kappa shape index (κ1) is 13.9. The fourth-order valence-corrected chi connectivity index (χ4v) is 3.54. The first-order chi connectivity index (χ1) is 9.64. The van der Waals surface area contributed by atoms with E-state index in [9.17, 15) is 9.59 Å². The summed E-state index contributed by atoms with van der Waals surface area (Å²) in [7, 11) is 1.54. The second-order valence-corrected chi connectivity index (χ2v) is 6.54. The van der Waals surface area contributed by atoms with Crippen molar-refractivity contribution in [2.24, 2.45) is 11.3 Å². The van der Waals surface area contributed by atoms with Gasteiger partial charge in [-0.05, 0) is 38.0 Å². The summed E-state index contributed by atoms with van der Waals surface area (Å²) in [5.74, 6) is 1.16. The maximum absolute atomic E-state index is 12.6. The predicted octanol–water partition coefficient (Wildman–Crippen LogP) is 0.884. The van der Waals surface area contributed by atoms with Crippen LogP contribution in [0.3, 0.4) is 0 Å². The van der Waals surface area contributed by atoms with Gasteiger partial charge in [0.25, 0.3) is 0 Å². The molecule has 5 heteroatoms. The molecule has 2 amide bonds. The summed E-state index contributed by atoms with van der Waals surface area (Å²) < 4.78 is 4.90. The van der Waals surface area contributed by atoms with Crippen molar-refractivity contribution in [2.75, 3.05) is 39.9 Å². The Kier molecular flexibility index (Phi) is 3.71. The van der Waals surface area contributed by atoms with Gasteiger partial charge in [-0.15, -0.1) is 0 Å². The number of carbonyl (C=O) groups is 2. The third-order valence-electron chi connectivity index (χ3n) is 5.12. The number of piperidine rings is 1. The highest BCUT2D eigenvalue weighted by atomic mass is 16.5. The number of methoxy groups -OCH3 is 1. The largest absolute Gasteiger partial charge is 0.375 e. The van der Waals surface area contributed by atoms with Crippen molar-refractivity contribution < 1.29 is 14.3 Å². The lowest BCUT2D eigenvalue weighted by molar-refractivity contribution is -0.144. The summed E-state index contributed by atoms with van der Waals surface area (Å²) >= 11 is 0. The van der Waals surface area contributed by atoms with Crippen molar-refractivity contribution >= 4 is 11.8 Å². The zero-order valence-electron chi connectivity index (χ0n) is 12.3. The van der Waals surface area contributed by atoms with E-state index in [0.717, 1.165) is 38.3 Å². The quantitative estimate of drug-likeness (QED) is 0.768. The maximum Gasteiger partial charge on any atom is 0.248 e. The summed E-state index contributed by atoms with van der Waals surface area (Å²) in [4.78, 5) is 28.4. The number of amides is 2. The van der Waals surface area contributed by atoms with E-state index in [1.165, 1.54) is 12.8 Å². The van der Waals surface area contributed by atoms with Crippen LogP contribution in [0.2, 0.25) is 0 Å². The number of nitrogens with zero attached hydrogens (tertiary/aromatic N) is 2. The minimum Gasteiger partial charge on any atom is -0.375 e. The van der Waals surface area contributed by atoms with Gasteiger partial charge in [-0.25, -0.2) is 0 Å². The molecular formula is C15H24N2O3. The summed E-state index contributed by atoms with van der Waals surface area (Å²) in [6, 6.07) is 0. The molecule has 0 atom stereocenters. The van der Waals surface area contributed by atoms with Crippen LogP contribution in [0.25, 0.3) is 0 Å². The zero-order chi connectivity index (χ0) is 14.2. The van der Waals surface area contributed by atoms with Gasteiger partial charge in [0.2, 0.25) is 11.8 Å². The van der Waals surface area contributed by atoms with Crippen LogP contribution in [-0.2, 0) is 14.3 Å². The molecule has 0 bridgehead atoms. The summed E-state index contributed by atoms with van der Waals surface area (Å²) in [5, 5.41) is 0. The van der Waals surface area contributed by atoms with Crippen LogP contribution in [0.15, 0.2) is 0 Å². The van der Waals surface area contributed by atoms with E-state index in [0.29, 0.717) is 19.0 Å². The molecule has 20 heavy (non-hydrogen) atoms. The third kappa shape index (κ3) is 2.55. The van der Waals surface area contributed by atoms with Crippen LogP contribution >= 0.6 is 0 Å². The van der Waals surface area contributed by atoms with Crippen molar-refractivity contribution in [3.8, 4) is 0 Å². The fourth-order valence-electron chi connectivity index (χ4n) is 3.54. The molecular weight excluding hydrogens is 256 g/mol. The average molecular weight is 280 g/mol. The molecule has 1 spiro atoms. The molecule has 112 valence electrons. The minimum absolute atomic E-state index is 0.0441. The van der Waals surface area contributed by atoms with Crippen molar-refractivity contribution in [3.05, 3.63) is 0 Å². The Balaban J connectivity index is 1.56. The molecule has 3 rings (SSSR count). The Morgan fingerprint density at radius 3 is 2.50 bits per heavy atom. The van der Waals surface area contributed by atoms with Crippen LogP contribution in [0.4, 0.5) is 0 Å². The van der Waals surface area contributed by atoms with E-state index in [2.05, 4.69) is 4.90 Å². The van der Waals surface area contributed by atoms with Crippen LogP contribution in [0, 0.1) is 11.3 Å². The van der Waals surface area contributed by atoms with E-state index in [1.807, 2.05) is 4.90 Å². The van der Waals surface area contributed by atoms with Crippen LogP contribution in [0.1, 0.15) is 32.1 Å². The van der Waals surface area contributed by atoms with Crippen LogP contribution in [-0.4, -0.2) is 61.5 Å². The monoisotopic (exact) mass is 280 g/mol. The molecule has 5 nitrogen and oxygen atoms in total. The van der Waals surface area contributed by atoms with Crippen LogP contribution < -0.4 is 0 Å². The van der Waals surface area contributed by atoms with Gasteiger partial charge in [-0.1, -0.05) is 0 Å². The molecule has 2 aliphatic heterocycles. The summed E-state index contributed by atoms with van der Waals surface area (Å²) in [6.07, 6.45) is 5.20. The highest BCUT2D eigenvalue weighted by Crippen LogP contribution is 2.43. The normalized spacial score (nSPS) is 25.6. The number of carbonyl (C=O) groups excluding carboxylic acids is 2. The van der Waals surface area contributed by atoms with E-state index < -0.39 is 0 Å². The van der Waals surface area contributed by atoms with Crippen molar-refractivity contribution in [1.29, 1.82) is 0 Å². The molecule has 0 radical (unpaired) electrons. The predicted molar refractivity (Wildman–Crippen MR) is 74.0 cm³/mol. The number of ether oxygens (including phenoxy) is 1.